The largest absolute Gasteiger partial charge is 0.491 e. The van der Waals surface area contributed by atoms with E-state index in [4.69, 9.17) is 26.6 Å². The minimum absolute atomic E-state index is 0.343. The predicted molar refractivity (Wildman–Crippen MR) is 97.7 cm³/mol. The lowest BCUT2D eigenvalue weighted by molar-refractivity contribution is 0.00578. The smallest absolute Gasteiger partial charge is 0.400 e. The van der Waals surface area contributed by atoms with Crippen LogP contribution < -0.4 is 5.73 Å². The molecule has 2 heterocycles. The zero-order chi connectivity index (χ0) is 17.5. The highest BCUT2D eigenvalue weighted by molar-refractivity contribution is 6.55. The first-order valence-corrected chi connectivity index (χ1v) is 8.28. The minimum atomic E-state index is -0.457. The molecule has 0 spiro atoms. The Kier molecular flexibility index (Phi) is 4.42. The van der Waals surface area contributed by atoms with Crippen molar-refractivity contribution >= 4 is 35.8 Å². The van der Waals surface area contributed by atoms with E-state index in [1.807, 2.05) is 52.0 Å². The molecule has 2 N–H and O–H groups in total. The molecule has 1 fully saturated rings. The SMILES string of the molecule is CC1(C)OB(C(=Cc2ccc3ncc(Cl)nc3c2)CN)OC1(C)C. The molecule has 1 saturated heterocycles. The van der Waals surface area contributed by atoms with Crippen LogP contribution in [0.3, 0.4) is 0 Å². The molecule has 1 aromatic carbocycles. The molecule has 2 aromatic rings. The van der Waals surface area contributed by atoms with Crippen LogP contribution in [0, 0.1) is 0 Å². The van der Waals surface area contributed by atoms with Crippen molar-refractivity contribution in [2.24, 2.45) is 5.73 Å². The summed E-state index contributed by atoms with van der Waals surface area (Å²) in [7, 11) is -0.457. The molecule has 0 aliphatic carbocycles. The standard InChI is InChI=1S/C17H21BClN3O2/c1-16(2)17(3,4)24-18(23-16)12(9-20)7-11-5-6-13-14(8-11)22-15(19)10-21-13/h5-8,10H,9,20H2,1-4H3. The zero-order valence-corrected chi connectivity index (χ0v) is 15.1. The van der Waals surface area contributed by atoms with Crippen molar-refractivity contribution in [1.29, 1.82) is 0 Å². The van der Waals surface area contributed by atoms with Crippen LogP contribution in [0.1, 0.15) is 33.3 Å². The summed E-state index contributed by atoms with van der Waals surface area (Å²) in [5.41, 5.74) is 8.51. The molecular weight excluding hydrogens is 324 g/mol. The highest BCUT2D eigenvalue weighted by Crippen LogP contribution is 2.38. The minimum Gasteiger partial charge on any atom is -0.400 e. The summed E-state index contributed by atoms with van der Waals surface area (Å²) in [6.07, 6.45) is 3.51. The van der Waals surface area contributed by atoms with Gasteiger partial charge in [0.2, 0.25) is 0 Å². The van der Waals surface area contributed by atoms with E-state index in [1.54, 1.807) is 0 Å². The van der Waals surface area contributed by atoms with Gasteiger partial charge >= 0.3 is 7.12 Å². The van der Waals surface area contributed by atoms with Gasteiger partial charge in [0.1, 0.15) is 5.15 Å². The van der Waals surface area contributed by atoms with Crippen molar-refractivity contribution in [2.75, 3.05) is 6.54 Å². The van der Waals surface area contributed by atoms with Crippen molar-refractivity contribution in [3.63, 3.8) is 0 Å². The summed E-state index contributed by atoms with van der Waals surface area (Å²) in [5, 5.41) is 0.369. The molecule has 7 heteroatoms. The Bertz CT molecular complexity index is 792. The van der Waals surface area contributed by atoms with E-state index in [0.717, 1.165) is 22.1 Å². The van der Waals surface area contributed by atoms with E-state index in [-0.39, 0.29) is 0 Å². The van der Waals surface area contributed by atoms with Crippen molar-refractivity contribution in [2.45, 2.75) is 38.9 Å². The summed E-state index contributed by atoms with van der Waals surface area (Å²) in [6, 6.07) is 5.80. The van der Waals surface area contributed by atoms with Gasteiger partial charge in [0, 0.05) is 6.54 Å². The average molecular weight is 346 g/mol. The lowest BCUT2D eigenvalue weighted by Gasteiger charge is -2.32. The maximum absolute atomic E-state index is 6.08. The van der Waals surface area contributed by atoms with Gasteiger partial charge < -0.3 is 15.0 Å². The third kappa shape index (κ3) is 3.19. The van der Waals surface area contributed by atoms with Gasteiger partial charge in [-0.1, -0.05) is 23.7 Å². The predicted octanol–water partition coefficient (Wildman–Crippen LogP) is 3.26. The third-order valence-corrected chi connectivity index (χ3v) is 4.86. The van der Waals surface area contributed by atoms with Crippen LogP contribution >= 0.6 is 11.6 Å². The lowest BCUT2D eigenvalue weighted by Crippen LogP contribution is -2.41. The monoisotopic (exact) mass is 345 g/mol. The van der Waals surface area contributed by atoms with Gasteiger partial charge in [-0.15, -0.1) is 0 Å². The first-order valence-electron chi connectivity index (χ1n) is 7.90. The van der Waals surface area contributed by atoms with Crippen molar-refractivity contribution in [3.8, 4) is 0 Å². The van der Waals surface area contributed by atoms with Gasteiger partial charge in [0.15, 0.2) is 0 Å². The van der Waals surface area contributed by atoms with E-state index < -0.39 is 18.3 Å². The summed E-state index contributed by atoms with van der Waals surface area (Å²) in [6.45, 7) is 8.43. The topological polar surface area (TPSA) is 70.3 Å². The molecule has 0 saturated carbocycles. The number of nitrogens with two attached hydrogens (primary N) is 1. The van der Waals surface area contributed by atoms with Crippen LogP contribution in [0.5, 0.6) is 0 Å². The lowest BCUT2D eigenvalue weighted by atomic mass is 9.77. The number of halogens is 1. The maximum Gasteiger partial charge on any atom is 0.491 e. The molecule has 0 bridgehead atoms. The number of aromatic nitrogens is 2. The Labute approximate surface area is 147 Å². The van der Waals surface area contributed by atoms with E-state index >= 15 is 0 Å². The van der Waals surface area contributed by atoms with Gasteiger partial charge in [0.25, 0.3) is 0 Å². The fourth-order valence-electron chi connectivity index (χ4n) is 2.53. The molecular formula is C17H21BClN3O2. The van der Waals surface area contributed by atoms with Crippen molar-refractivity contribution in [1.82, 2.24) is 9.97 Å². The second-order valence-electron chi connectivity index (χ2n) is 6.95. The number of rotatable bonds is 3. The Morgan fingerprint density at radius 3 is 2.50 bits per heavy atom. The van der Waals surface area contributed by atoms with Gasteiger partial charge in [-0.25, -0.2) is 4.98 Å². The first-order chi connectivity index (χ1) is 11.2. The number of hydrogen-bond donors (Lipinski definition) is 1. The van der Waals surface area contributed by atoms with E-state index in [2.05, 4.69) is 9.97 Å². The number of benzene rings is 1. The van der Waals surface area contributed by atoms with Gasteiger partial charge in [-0.2, -0.15) is 0 Å². The average Bonchev–Trinajstić information content (AvgIpc) is 2.72. The van der Waals surface area contributed by atoms with Crippen LogP contribution in [0.4, 0.5) is 0 Å². The molecule has 1 aliphatic rings. The van der Waals surface area contributed by atoms with E-state index in [0.29, 0.717) is 11.7 Å². The fraction of sp³-hybridized carbons (Fsp3) is 0.412. The number of hydrogen-bond acceptors (Lipinski definition) is 5. The molecule has 0 radical (unpaired) electrons. The van der Waals surface area contributed by atoms with Gasteiger partial charge in [-0.05, 0) is 50.9 Å². The summed E-state index contributed by atoms with van der Waals surface area (Å²) < 4.78 is 12.2. The Morgan fingerprint density at radius 1 is 1.21 bits per heavy atom. The van der Waals surface area contributed by atoms with Crippen molar-refractivity contribution < 1.29 is 9.31 Å². The Hall–Kier alpha value is -1.47. The molecule has 5 nitrogen and oxygen atoms in total. The van der Waals surface area contributed by atoms with E-state index in [1.165, 1.54) is 6.20 Å². The molecule has 1 aromatic heterocycles. The van der Waals surface area contributed by atoms with Gasteiger partial charge in [0.05, 0.1) is 28.4 Å². The normalized spacial score (nSPS) is 19.9. The highest BCUT2D eigenvalue weighted by Gasteiger charge is 2.52. The summed E-state index contributed by atoms with van der Waals surface area (Å²) in [5.74, 6) is 0. The Balaban J connectivity index is 1.94. The fourth-order valence-corrected chi connectivity index (χ4v) is 2.67. The first kappa shape index (κ1) is 17.4. The van der Waals surface area contributed by atoms with Crippen LogP contribution in [0.15, 0.2) is 29.9 Å². The van der Waals surface area contributed by atoms with E-state index in [9.17, 15) is 0 Å². The molecule has 1 aliphatic heterocycles. The molecule has 0 atom stereocenters. The van der Waals surface area contributed by atoms with Gasteiger partial charge in [-0.3, -0.25) is 4.98 Å². The molecule has 0 unspecified atom stereocenters. The quantitative estimate of drug-likeness (QED) is 0.865. The second kappa shape index (κ2) is 6.12. The second-order valence-corrected chi connectivity index (χ2v) is 7.34. The molecule has 126 valence electrons. The molecule has 0 amide bonds. The summed E-state index contributed by atoms with van der Waals surface area (Å²) in [4.78, 5) is 8.54. The van der Waals surface area contributed by atoms with Crippen LogP contribution in [0.2, 0.25) is 5.15 Å². The van der Waals surface area contributed by atoms with Crippen LogP contribution in [-0.4, -0.2) is 34.8 Å². The van der Waals surface area contributed by atoms with Crippen molar-refractivity contribution in [3.05, 3.63) is 40.6 Å². The third-order valence-electron chi connectivity index (χ3n) is 4.68. The molecule has 24 heavy (non-hydrogen) atoms. The molecule has 3 rings (SSSR count). The highest BCUT2D eigenvalue weighted by atomic mass is 35.5. The zero-order valence-electron chi connectivity index (χ0n) is 14.3. The number of nitrogens with zero attached hydrogens (tertiary/aromatic N) is 2. The maximum atomic E-state index is 6.08. The van der Waals surface area contributed by atoms with Crippen LogP contribution in [0.25, 0.3) is 17.1 Å². The summed E-state index contributed by atoms with van der Waals surface area (Å²) >= 11 is 5.92. The Morgan fingerprint density at radius 2 is 1.88 bits per heavy atom. The number of fused-ring (bicyclic) bond motifs is 1. The van der Waals surface area contributed by atoms with Crippen LogP contribution in [-0.2, 0) is 9.31 Å².